The molecule has 0 N–H and O–H groups in total. The minimum atomic E-state index is -3.86. The van der Waals surface area contributed by atoms with Gasteiger partial charge in [-0.2, -0.15) is 5.10 Å². The Morgan fingerprint density at radius 1 is 1.38 bits per heavy atom. The number of hydrogen-bond donors (Lipinski definition) is 0. The van der Waals surface area contributed by atoms with Crippen molar-refractivity contribution >= 4 is 31.3 Å². The fraction of sp³-hybridized carbons (Fsp3) is 0.500. The first-order chi connectivity index (χ1) is 9.61. The van der Waals surface area contributed by atoms with Crippen LogP contribution >= 0.6 is 22.3 Å². The average Bonchev–Trinajstić information content (AvgIpc) is 2.87. The van der Waals surface area contributed by atoms with Crippen molar-refractivity contribution < 1.29 is 8.42 Å². The van der Waals surface area contributed by atoms with Crippen molar-refractivity contribution in [2.75, 3.05) is 0 Å². The first-order valence-corrected chi connectivity index (χ1v) is 8.99. The number of halogens is 2. The molecule has 0 spiro atoms. The highest BCUT2D eigenvalue weighted by Gasteiger charge is 2.21. The fourth-order valence-electron chi connectivity index (χ4n) is 2.12. The molecule has 0 aliphatic heterocycles. The molecule has 0 atom stereocenters. The van der Waals surface area contributed by atoms with Crippen LogP contribution in [-0.4, -0.2) is 27.7 Å². The largest absolute Gasteiger partial charge is 0.327 e. The smallest absolute Gasteiger partial charge is 0.280 e. The molecule has 0 saturated carbocycles. The second kappa shape index (κ2) is 5.62. The Morgan fingerprint density at radius 3 is 2.43 bits per heavy atom. The zero-order chi connectivity index (χ0) is 15.9. The molecule has 0 aliphatic carbocycles. The molecule has 0 bridgehead atoms. The number of nitrogens with zero attached hydrogens (tertiary/aromatic N) is 4. The van der Waals surface area contributed by atoms with Gasteiger partial charge in [0.25, 0.3) is 9.05 Å². The molecule has 21 heavy (non-hydrogen) atoms. The van der Waals surface area contributed by atoms with Crippen LogP contribution < -0.4 is 0 Å². The quantitative estimate of drug-likeness (QED) is 0.794. The molecular formula is C12H16Cl2N4O2S. The van der Waals surface area contributed by atoms with Gasteiger partial charge in [-0.25, -0.2) is 13.4 Å². The predicted octanol–water partition coefficient (Wildman–Crippen LogP) is 2.68. The van der Waals surface area contributed by atoms with E-state index in [4.69, 9.17) is 22.3 Å². The Bertz CT molecular complexity index is 778. The van der Waals surface area contributed by atoms with Crippen molar-refractivity contribution in [3.63, 3.8) is 0 Å². The third kappa shape index (κ3) is 3.25. The van der Waals surface area contributed by atoms with E-state index in [1.807, 2.05) is 20.8 Å². The van der Waals surface area contributed by atoms with Crippen LogP contribution in [-0.2, 0) is 22.6 Å². The van der Waals surface area contributed by atoms with Crippen LogP contribution in [0, 0.1) is 6.92 Å². The molecule has 6 nitrogen and oxygen atoms in total. The highest BCUT2D eigenvalue weighted by atomic mass is 35.7. The van der Waals surface area contributed by atoms with E-state index in [0.29, 0.717) is 17.4 Å². The van der Waals surface area contributed by atoms with Crippen LogP contribution in [0.1, 0.15) is 37.0 Å². The summed E-state index contributed by atoms with van der Waals surface area (Å²) in [6, 6.07) is 0. The molecule has 2 heterocycles. The SMILES string of the molecule is Cc1nn(C)c(Cn2cc(S(=O)(=O)Cl)nc2C(C)C)c1Cl. The Hall–Kier alpha value is -1.05. The van der Waals surface area contributed by atoms with Gasteiger partial charge in [0.2, 0.25) is 0 Å². The maximum Gasteiger partial charge on any atom is 0.280 e. The lowest BCUT2D eigenvalue weighted by Crippen LogP contribution is -2.09. The maximum absolute atomic E-state index is 11.5. The van der Waals surface area contributed by atoms with Crippen LogP contribution in [0.2, 0.25) is 5.02 Å². The molecule has 0 aromatic carbocycles. The summed E-state index contributed by atoms with van der Waals surface area (Å²) in [5.41, 5.74) is 1.51. The van der Waals surface area contributed by atoms with Crippen LogP contribution in [0.4, 0.5) is 0 Å². The summed E-state index contributed by atoms with van der Waals surface area (Å²) in [7, 11) is 3.30. The van der Waals surface area contributed by atoms with Crippen molar-refractivity contribution in [2.45, 2.75) is 38.3 Å². The lowest BCUT2D eigenvalue weighted by atomic mass is 10.2. The Kier molecular flexibility index (Phi) is 4.37. The van der Waals surface area contributed by atoms with E-state index in [0.717, 1.165) is 11.4 Å². The fourth-order valence-corrected chi connectivity index (χ4v) is 3.02. The predicted molar refractivity (Wildman–Crippen MR) is 81.4 cm³/mol. The van der Waals surface area contributed by atoms with Gasteiger partial charge < -0.3 is 4.57 Å². The van der Waals surface area contributed by atoms with E-state index in [2.05, 4.69) is 10.1 Å². The molecule has 0 fully saturated rings. The second-order valence-electron chi connectivity index (χ2n) is 5.13. The molecule has 2 aromatic heterocycles. The van der Waals surface area contributed by atoms with Crippen molar-refractivity contribution in [1.82, 2.24) is 19.3 Å². The number of rotatable bonds is 4. The Labute approximate surface area is 133 Å². The van der Waals surface area contributed by atoms with Gasteiger partial charge in [0.05, 0.1) is 23.0 Å². The lowest BCUT2D eigenvalue weighted by Gasteiger charge is -2.10. The molecule has 0 saturated heterocycles. The van der Waals surface area contributed by atoms with Gasteiger partial charge in [-0.15, -0.1) is 0 Å². The molecule has 2 rings (SSSR count). The summed E-state index contributed by atoms with van der Waals surface area (Å²) in [4.78, 5) is 4.11. The summed E-state index contributed by atoms with van der Waals surface area (Å²) >= 11 is 6.23. The summed E-state index contributed by atoms with van der Waals surface area (Å²) < 4.78 is 26.3. The summed E-state index contributed by atoms with van der Waals surface area (Å²) in [5.74, 6) is 0.675. The van der Waals surface area contributed by atoms with Crippen molar-refractivity contribution in [2.24, 2.45) is 7.05 Å². The van der Waals surface area contributed by atoms with Crippen molar-refractivity contribution in [3.05, 3.63) is 28.4 Å². The summed E-state index contributed by atoms with van der Waals surface area (Å²) in [6.45, 7) is 6.06. The molecule has 9 heteroatoms. The summed E-state index contributed by atoms with van der Waals surface area (Å²) in [5, 5.41) is 4.66. The van der Waals surface area contributed by atoms with Gasteiger partial charge in [0, 0.05) is 29.8 Å². The Balaban J connectivity index is 2.51. The third-order valence-corrected chi connectivity index (χ3v) is 4.80. The highest BCUT2D eigenvalue weighted by Crippen LogP contribution is 2.24. The topological polar surface area (TPSA) is 69.8 Å². The standard InChI is InChI=1S/C12H16Cl2N4O2S/c1-7(2)12-15-10(21(14,19)20)6-18(12)5-9-11(13)8(3)16-17(9)4/h6-7H,5H2,1-4H3. The Morgan fingerprint density at radius 2 is 2.00 bits per heavy atom. The van der Waals surface area contributed by atoms with Gasteiger partial charge in [0.15, 0.2) is 5.03 Å². The normalized spacial score (nSPS) is 12.3. The molecule has 2 aromatic rings. The highest BCUT2D eigenvalue weighted by molar-refractivity contribution is 8.13. The molecular weight excluding hydrogens is 335 g/mol. The molecule has 0 aliphatic rings. The van der Waals surface area contributed by atoms with E-state index in [9.17, 15) is 8.42 Å². The summed E-state index contributed by atoms with van der Waals surface area (Å²) in [6.07, 6.45) is 1.43. The van der Waals surface area contributed by atoms with Crippen molar-refractivity contribution in [1.29, 1.82) is 0 Å². The number of imidazole rings is 1. The molecule has 0 radical (unpaired) electrons. The van der Waals surface area contributed by atoms with Gasteiger partial charge in [0.1, 0.15) is 5.82 Å². The zero-order valence-electron chi connectivity index (χ0n) is 12.1. The molecule has 0 amide bonds. The van der Waals surface area contributed by atoms with E-state index in [-0.39, 0.29) is 10.9 Å². The van der Waals surface area contributed by atoms with E-state index in [1.165, 1.54) is 6.20 Å². The van der Waals surface area contributed by atoms with Crippen LogP contribution in [0.3, 0.4) is 0 Å². The number of aromatic nitrogens is 4. The molecule has 0 unspecified atom stereocenters. The van der Waals surface area contributed by atoms with E-state index in [1.54, 1.807) is 16.3 Å². The lowest BCUT2D eigenvalue weighted by molar-refractivity contribution is 0.606. The maximum atomic E-state index is 11.5. The first-order valence-electron chi connectivity index (χ1n) is 6.31. The number of hydrogen-bond acceptors (Lipinski definition) is 4. The van der Waals surface area contributed by atoms with Crippen LogP contribution in [0.25, 0.3) is 0 Å². The molecule has 116 valence electrons. The van der Waals surface area contributed by atoms with Gasteiger partial charge >= 0.3 is 0 Å². The zero-order valence-corrected chi connectivity index (χ0v) is 14.5. The van der Waals surface area contributed by atoms with E-state index >= 15 is 0 Å². The van der Waals surface area contributed by atoms with Crippen LogP contribution in [0.5, 0.6) is 0 Å². The number of aryl methyl sites for hydroxylation is 2. The van der Waals surface area contributed by atoms with Gasteiger partial charge in [-0.1, -0.05) is 25.4 Å². The first kappa shape index (κ1) is 16.3. The second-order valence-corrected chi connectivity index (χ2v) is 8.02. The van der Waals surface area contributed by atoms with Crippen molar-refractivity contribution in [3.8, 4) is 0 Å². The minimum absolute atomic E-state index is 0.0465. The monoisotopic (exact) mass is 350 g/mol. The van der Waals surface area contributed by atoms with Gasteiger partial charge in [-0.05, 0) is 6.92 Å². The minimum Gasteiger partial charge on any atom is -0.327 e. The van der Waals surface area contributed by atoms with E-state index < -0.39 is 9.05 Å². The third-order valence-electron chi connectivity index (χ3n) is 3.13. The van der Waals surface area contributed by atoms with Crippen LogP contribution in [0.15, 0.2) is 11.2 Å². The average molecular weight is 351 g/mol. The van der Waals surface area contributed by atoms with Gasteiger partial charge in [-0.3, -0.25) is 4.68 Å².